The molecule has 0 spiro atoms. The molecule has 19 nitrogen and oxygen atoms in total. The third-order valence-electron chi connectivity index (χ3n) is 13.1. The Labute approximate surface area is 432 Å². The van der Waals surface area contributed by atoms with E-state index in [1.165, 1.54) is 11.2 Å². The van der Waals surface area contributed by atoms with E-state index in [-0.39, 0.29) is 62.7 Å². The van der Waals surface area contributed by atoms with E-state index in [0.717, 1.165) is 0 Å². The van der Waals surface area contributed by atoms with Gasteiger partial charge in [0.1, 0.15) is 48.3 Å². The summed E-state index contributed by atoms with van der Waals surface area (Å²) < 4.78 is 12.3. The van der Waals surface area contributed by atoms with Crippen LogP contribution in [0.1, 0.15) is 105 Å². The van der Waals surface area contributed by atoms with Crippen molar-refractivity contribution in [1.82, 2.24) is 47.4 Å². The normalized spacial score (nSPS) is 25.8. The third kappa shape index (κ3) is 18.7. The standard InChI is InChI=1S/C53H79N9O10S/c1-10-34(8)45-51(69)54-30-43(63)55-37(23-25-73(9)72)46(64)56-39(27-32(4)5)48(66)60-44(33(6)7)52(70)59-41(29-36-20-15-12-16-21-36)53(71)62-24-17-22-42(62)50(68)58-38(26-31(2)3)47(65)57-40(49(67)61-45)28-35-18-13-11-14-19-35/h11-16,18-21,31-34,37-42,44-45H,10,17,22-30H2,1-9H3,(H,54,69)(H,55,63)(H,56,64)(H,57,65)(H,58,68)(H,59,70)(H,60,66)(H,61,67). The number of fused-ring (bicyclic) bond motifs is 1. The van der Waals surface area contributed by atoms with Gasteiger partial charge in [0.2, 0.25) is 53.2 Å². The van der Waals surface area contributed by atoms with Crippen molar-refractivity contribution in [2.45, 2.75) is 155 Å². The predicted molar refractivity (Wildman–Crippen MR) is 278 cm³/mol. The van der Waals surface area contributed by atoms with E-state index in [9.17, 15) is 47.4 Å². The molecular formula is C53H79N9O10S. The molecule has 0 saturated carbocycles. The van der Waals surface area contributed by atoms with Gasteiger partial charge >= 0.3 is 0 Å². The lowest BCUT2D eigenvalue weighted by Gasteiger charge is -2.32. The fourth-order valence-corrected chi connectivity index (χ4v) is 9.48. The molecule has 0 bridgehead atoms. The Morgan fingerprint density at radius 2 is 1.04 bits per heavy atom. The summed E-state index contributed by atoms with van der Waals surface area (Å²) in [7, 11) is -1.38. The molecular weight excluding hydrogens is 955 g/mol. The Morgan fingerprint density at radius 1 is 0.562 bits per heavy atom. The maximum absolute atomic E-state index is 14.8. The first-order valence-electron chi connectivity index (χ1n) is 25.7. The number of carbonyl (C=O) groups excluding carboxylic acids is 9. The quantitative estimate of drug-likeness (QED) is 0.135. The van der Waals surface area contributed by atoms with Gasteiger partial charge in [0.15, 0.2) is 0 Å². The molecule has 2 aromatic carbocycles. The summed E-state index contributed by atoms with van der Waals surface area (Å²) in [5.41, 5.74) is 1.41. The molecule has 10 atom stereocenters. The number of nitrogens with one attached hydrogen (secondary N) is 8. The monoisotopic (exact) mass is 1030 g/mol. The van der Waals surface area contributed by atoms with Gasteiger partial charge in [-0.15, -0.1) is 0 Å². The van der Waals surface area contributed by atoms with E-state index in [0.29, 0.717) is 24.0 Å². The molecule has 2 aliphatic rings. The lowest BCUT2D eigenvalue weighted by Crippen LogP contribution is -2.61. The molecule has 10 unspecified atom stereocenters. The average molecular weight is 1030 g/mol. The molecule has 2 fully saturated rings. The lowest BCUT2D eigenvalue weighted by molar-refractivity contribution is -0.143. The molecule has 9 amide bonds. The minimum absolute atomic E-state index is 0.00759. The fraction of sp³-hybridized carbons (Fsp3) is 0.604. The van der Waals surface area contributed by atoms with Crippen LogP contribution in [0.15, 0.2) is 60.7 Å². The third-order valence-corrected chi connectivity index (χ3v) is 14.0. The number of amides is 9. The first-order valence-corrected chi connectivity index (χ1v) is 27.4. The van der Waals surface area contributed by atoms with Gasteiger partial charge < -0.3 is 47.4 Å². The van der Waals surface area contributed by atoms with Crippen molar-refractivity contribution in [2.75, 3.05) is 25.1 Å². The largest absolute Gasteiger partial charge is 0.345 e. The lowest BCUT2D eigenvalue weighted by atomic mass is 9.96. The molecule has 0 radical (unpaired) electrons. The molecule has 2 aliphatic heterocycles. The second kappa shape index (κ2) is 28.9. The van der Waals surface area contributed by atoms with Gasteiger partial charge in [-0.05, 0) is 66.9 Å². The van der Waals surface area contributed by atoms with Gasteiger partial charge in [0.05, 0.1) is 6.54 Å². The molecule has 8 N–H and O–H groups in total. The number of rotatable bonds is 14. The second-order valence-electron chi connectivity index (χ2n) is 20.6. The minimum atomic E-state index is -1.38. The summed E-state index contributed by atoms with van der Waals surface area (Å²) in [4.78, 5) is 130. The van der Waals surface area contributed by atoms with Crippen LogP contribution in [0.25, 0.3) is 0 Å². The first kappa shape index (κ1) is 59.4. The number of carbonyl (C=O) groups is 9. The molecule has 402 valence electrons. The van der Waals surface area contributed by atoms with Crippen molar-refractivity contribution in [2.24, 2.45) is 23.7 Å². The molecule has 20 heteroatoms. The Morgan fingerprint density at radius 3 is 1.58 bits per heavy atom. The van der Waals surface area contributed by atoms with Crippen LogP contribution in [0, 0.1) is 23.7 Å². The van der Waals surface area contributed by atoms with Crippen LogP contribution in [-0.4, -0.2) is 136 Å². The second-order valence-corrected chi connectivity index (χ2v) is 22.1. The molecule has 73 heavy (non-hydrogen) atoms. The Bertz CT molecular complexity index is 2250. The number of benzene rings is 2. The summed E-state index contributed by atoms with van der Waals surface area (Å²) in [6.45, 7) is 14.0. The Balaban J connectivity index is 1.81. The zero-order valence-electron chi connectivity index (χ0n) is 43.9. The van der Waals surface area contributed by atoms with E-state index in [2.05, 4.69) is 42.5 Å². The topological polar surface area (TPSA) is 270 Å². The van der Waals surface area contributed by atoms with Gasteiger partial charge in [-0.3, -0.25) is 47.4 Å². The van der Waals surface area contributed by atoms with Gasteiger partial charge in [-0.25, -0.2) is 0 Å². The van der Waals surface area contributed by atoms with Gasteiger partial charge in [-0.1, -0.05) is 122 Å². The molecule has 2 aromatic rings. The zero-order chi connectivity index (χ0) is 53.9. The molecule has 4 rings (SSSR count). The van der Waals surface area contributed by atoms with Crippen molar-refractivity contribution >= 4 is 64.0 Å². The van der Waals surface area contributed by atoms with Crippen LogP contribution in [-0.2, 0) is 66.8 Å². The first-order chi connectivity index (χ1) is 34.6. The predicted octanol–water partition coefficient (Wildman–Crippen LogP) is 1.55. The minimum Gasteiger partial charge on any atom is -0.345 e. The summed E-state index contributed by atoms with van der Waals surface area (Å²) in [5.74, 6) is -7.35. The zero-order valence-corrected chi connectivity index (χ0v) is 44.7. The summed E-state index contributed by atoms with van der Waals surface area (Å²) in [6, 6.07) is 8.48. The van der Waals surface area contributed by atoms with Crippen LogP contribution >= 0.6 is 0 Å². The van der Waals surface area contributed by atoms with E-state index < -0.39 is 131 Å². The van der Waals surface area contributed by atoms with Crippen molar-refractivity contribution in [1.29, 1.82) is 0 Å². The molecule has 0 aromatic heterocycles. The van der Waals surface area contributed by atoms with Crippen molar-refractivity contribution < 1.29 is 47.4 Å². The molecule has 2 heterocycles. The number of nitrogens with zero attached hydrogens (tertiary/aromatic N) is 1. The van der Waals surface area contributed by atoms with Crippen LogP contribution in [0.3, 0.4) is 0 Å². The average Bonchev–Trinajstić information content (AvgIpc) is 3.84. The smallest absolute Gasteiger partial charge is 0.246 e. The van der Waals surface area contributed by atoms with Crippen LogP contribution in [0.5, 0.6) is 0 Å². The number of hydrogen-bond acceptors (Lipinski definition) is 10. The highest BCUT2D eigenvalue weighted by atomic mass is 32.2. The molecule has 2 saturated heterocycles. The maximum Gasteiger partial charge on any atom is 0.246 e. The highest BCUT2D eigenvalue weighted by molar-refractivity contribution is 7.84. The van der Waals surface area contributed by atoms with Gasteiger partial charge in [0, 0.05) is 42.2 Å². The van der Waals surface area contributed by atoms with E-state index in [4.69, 9.17) is 0 Å². The van der Waals surface area contributed by atoms with Crippen LogP contribution in [0.2, 0.25) is 0 Å². The summed E-state index contributed by atoms with van der Waals surface area (Å²) >= 11 is 0. The van der Waals surface area contributed by atoms with Crippen LogP contribution in [0.4, 0.5) is 0 Å². The summed E-state index contributed by atoms with van der Waals surface area (Å²) in [5, 5.41) is 22.1. The van der Waals surface area contributed by atoms with Crippen molar-refractivity contribution in [3.8, 4) is 0 Å². The van der Waals surface area contributed by atoms with Gasteiger partial charge in [-0.2, -0.15) is 0 Å². The summed E-state index contributed by atoms with van der Waals surface area (Å²) in [6.07, 6.45) is 2.86. The SMILES string of the molecule is CCC(C)C1NC(=O)C(Cc2ccccc2)NC(=O)C(CC(C)C)NC(=O)C2CCCN2C(=O)C(Cc2ccccc2)NC(=O)C(C(C)C)NC(=O)C(CC(C)C)NC(=O)C(CCS(C)=O)NC(=O)CNC1=O. The highest BCUT2D eigenvalue weighted by Gasteiger charge is 2.41. The fourth-order valence-electron chi connectivity index (χ4n) is 8.91. The molecule has 0 aliphatic carbocycles. The van der Waals surface area contributed by atoms with E-state index in [1.54, 1.807) is 75.4 Å². The highest BCUT2D eigenvalue weighted by Crippen LogP contribution is 2.22. The van der Waals surface area contributed by atoms with Gasteiger partial charge in [0.25, 0.3) is 0 Å². The van der Waals surface area contributed by atoms with Crippen LogP contribution < -0.4 is 42.5 Å². The maximum atomic E-state index is 14.8. The van der Waals surface area contributed by atoms with E-state index in [1.807, 2.05) is 40.7 Å². The Kier molecular flexibility index (Phi) is 23.5. The number of hydrogen-bond donors (Lipinski definition) is 8. The van der Waals surface area contributed by atoms with E-state index >= 15 is 0 Å². The van der Waals surface area contributed by atoms with Crippen molar-refractivity contribution in [3.63, 3.8) is 0 Å². The van der Waals surface area contributed by atoms with Crippen molar-refractivity contribution in [3.05, 3.63) is 71.8 Å². The Hall–Kier alpha value is -6.18.